The first-order valence-electron chi connectivity index (χ1n) is 1.33. The molecule has 0 aromatic heterocycles. The fourth-order valence-electron chi connectivity index (χ4n) is 0. The van der Waals surface area contributed by atoms with Crippen molar-refractivity contribution in [2.45, 2.75) is 0 Å². The molecule has 0 unspecified atom stereocenters. The Morgan fingerprint density at radius 2 is 1.38 bits per heavy atom. The summed E-state index contributed by atoms with van der Waals surface area (Å²) in [5, 5.41) is 14.8. The molecule has 0 rings (SSSR count). The topological polar surface area (TPSA) is 135 Å². The van der Waals surface area contributed by atoms with E-state index in [0.29, 0.717) is 0 Å². The smallest absolute Gasteiger partial charge is 0.309 e. The molecular formula is CH4N3O4-. The zero-order chi connectivity index (χ0) is 7.15. The van der Waals surface area contributed by atoms with Crippen LogP contribution in [0.25, 0.3) is 0 Å². The van der Waals surface area contributed by atoms with Crippen LogP contribution in [0.1, 0.15) is 0 Å². The second-order valence-electron chi connectivity index (χ2n) is 0.626. The molecule has 0 aromatic carbocycles. The van der Waals surface area contributed by atoms with Crippen LogP contribution in [-0.4, -0.2) is 11.1 Å². The molecule has 4 N–H and O–H groups in total. The predicted molar refractivity (Wildman–Crippen MR) is 24.1 cm³/mol. The number of amides is 2. The van der Waals surface area contributed by atoms with Crippen molar-refractivity contribution < 1.29 is 9.88 Å². The van der Waals surface area contributed by atoms with Gasteiger partial charge in [0.2, 0.25) is 0 Å². The van der Waals surface area contributed by atoms with Crippen LogP contribution < -0.4 is 11.5 Å². The van der Waals surface area contributed by atoms with E-state index in [2.05, 4.69) is 11.5 Å². The maximum absolute atomic E-state index is 9.00. The van der Waals surface area contributed by atoms with Crippen LogP contribution in [0.4, 0.5) is 4.79 Å². The fraction of sp³-hybridized carbons (Fsp3) is 0. The number of primary amides is 2. The number of carbonyl (C=O) groups excluding carboxylic acids is 1. The average molecular weight is 122 g/mol. The minimum Gasteiger partial charge on any atom is -0.356 e. The van der Waals surface area contributed by atoms with Crippen LogP contribution in [-0.2, 0) is 0 Å². The predicted octanol–water partition coefficient (Wildman–Crippen LogP) is -1.22. The molecule has 48 valence electrons. The number of urea groups is 1. The quantitative estimate of drug-likeness (QED) is 0.307. The van der Waals surface area contributed by atoms with Crippen LogP contribution in [0.3, 0.4) is 0 Å². The van der Waals surface area contributed by atoms with Gasteiger partial charge in [-0.2, -0.15) is 0 Å². The highest BCUT2D eigenvalue weighted by Gasteiger charge is 1.60. The average Bonchev–Trinajstić information content (AvgIpc) is 1.25. The van der Waals surface area contributed by atoms with Crippen molar-refractivity contribution >= 4 is 6.03 Å². The van der Waals surface area contributed by atoms with Gasteiger partial charge in [0, 0.05) is 0 Å². The van der Waals surface area contributed by atoms with Crippen molar-refractivity contribution in [1.29, 1.82) is 0 Å². The Bertz CT molecular complexity index is 69.3. The van der Waals surface area contributed by atoms with Gasteiger partial charge in [0.05, 0.1) is 5.09 Å². The summed E-state index contributed by atoms with van der Waals surface area (Å²) in [6.45, 7) is 0. The Balaban J connectivity index is 0. The van der Waals surface area contributed by atoms with Crippen molar-refractivity contribution in [2.24, 2.45) is 11.5 Å². The van der Waals surface area contributed by atoms with Gasteiger partial charge in [-0.1, -0.05) is 0 Å². The zero-order valence-corrected chi connectivity index (χ0v) is 3.73. The molecule has 8 heavy (non-hydrogen) atoms. The summed E-state index contributed by atoms with van der Waals surface area (Å²) in [5.74, 6) is 0. The normalized spacial score (nSPS) is 6.00. The lowest BCUT2D eigenvalue weighted by Gasteiger charge is -1.74. The van der Waals surface area contributed by atoms with E-state index in [0.717, 1.165) is 0 Å². The first-order valence-corrected chi connectivity index (χ1v) is 1.33. The minimum atomic E-state index is -1.75. The van der Waals surface area contributed by atoms with Gasteiger partial charge in [0.25, 0.3) is 0 Å². The number of rotatable bonds is 0. The summed E-state index contributed by atoms with van der Waals surface area (Å²) in [7, 11) is 0. The second-order valence-corrected chi connectivity index (χ2v) is 0.626. The van der Waals surface area contributed by atoms with Crippen molar-refractivity contribution in [3.05, 3.63) is 15.3 Å². The Kier molecular flexibility index (Phi) is 6.62. The van der Waals surface area contributed by atoms with Gasteiger partial charge in [-0.25, -0.2) is 4.79 Å². The van der Waals surface area contributed by atoms with Gasteiger partial charge >= 0.3 is 6.03 Å². The largest absolute Gasteiger partial charge is 0.356 e. The van der Waals surface area contributed by atoms with Crippen molar-refractivity contribution in [1.82, 2.24) is 0 Å². The molecule has 0 aromatic rings. The Hall–Kier alpha value is -1.53. The van der Waals surface area contributed by atoms with E-state index in [1.165, 1.54) is 0 Å². The molecule has 0 heterocycles. The summed E-state index contributed by atoms with van der Waals surface area (Å²) in [6.07, 6.45) is 0. The molecule has 0 fully saturated rings. The van der Waals surface area contributed by atoms with Crippen molar-refractivity contribution in [3.63, 3.8) is 0 Å². The van der Waals surface area contributed by atoms with E-state index in [-0.39, 0.29) is 0 Å². The van der Waals surface area contributed by atoms with E-state index >= 15 is 0 Å². The molecule has 0 bridgehead atoms. The molecule has 0 aliphatic carbocycles. The molecule has 0 saturated carbocycles. The Morgan fingerprint density at radius 3 is 1.38 bits per heavy atom. The maximum atomic E-state index is 9.00. The lowest BCUT2D eigenvalue weighted by molar-refractivity contribution is -0.402. The highest BCUT2D eigenvalue weighted by atomic mass is 16.9. The first-order chi connectivity index (χ1) is 3.46. The highest BCUT2D eigenvalue weighted by molar-refractivity contribution is 5.69. The molecule has 0 radical (unpaired) electrons. The summed E-state index contributed by atoms with van der Waals surface area (Å²) < 4.78 is 0. The number of carbonyl (C=O) groups is 1. The van der Waals surface area contributed by atoms with E-state index in [1.807, 2.05) is 0 Å². The van der Waals surface area contributed by atoms with E-state index < -0.39 is 11.1 Å². The lowest BCUT2D eigenvalue weighted by atomic mass is 11.2. The summed E-state index contributed by atoms with van der Waals surface area (Å²) in [5.41, 5.74) is 8.50. The van der Waals surface area contributed by atoms with Gasteiger partial charge in [-0.3, -0.25) is 0 Å². The van der Waals surface area contributed by atoms with E-state index in [9.17, 15) is 0 Å². The third-order valence-corrected chi connectivity index (χ3v) is 0. The molecule has 0 spiro atoms. The molecule has 7 nitrogen and oxygen atoms in total. The van der Waals surface area contributed by atoms with Crippen LogP contribution >= 0.6 is 0 Å². The monoisotopic (exact) mass is 122 g/mol. The van der Waals surface area contributed by atoms with Crippen molar-refractivity contribution in [3.8, 4) is 0 Å². The highest BCUT2D eigenvalue weighted by Crippen LogP contribution is 1.44. The van der Waals surface area contributed by atoms with Gasteiger partial charge in [-0.05, 0) is 0 Å². The summed E-state index contributed by atoms with van der Waals surface area (Å²) in [6, 6.07) is -0.833. The molecule has 0 atom stereocenters. The SMILES string of the molecule is NC(N)=O.O=[N+]([O-])[O-]. The fourth-order valence-corrected chi connectivity index (χ4v) is 0. The molecule has 7 heteroatoms. The molecule has 2 amide bonds. The number of nitrogens with two attached hydrogens (primary N) is 2. The lowest BCUT2D eigenvalue weighted by Crippen LogP contribution is -2.18. The summed E-state index contributed by atoms with van der Waals surface area (Å²) >= 11 is 0. The Labute approximate surface area is 44.0 Å². The van der Waals surface area contributed by atoms with Crippen LogP contribution in [0.15, 0.2) is 0 Å². The molecule has 0 saturated heterocycles. The number of hydrogen-bond donors (Lipinski definition) is 2. The molecule has 0 aliphatic heterocycles. The standard InChI is InChI=1S/CH4N2O.NO3/c2*2-1(3)4/h(H4,2,3,4);/q;-1. The summed E-state index contributed by atoms with van der Waals surface area (Å²) in [4.78, 5) is 17.2. The molecule has 0 aliphatic rings. The molecular weight excluding hydrogens is 118 g/mol. The van der Waals surface area contributed by atoms with Gasteiger partial charge in [0.15, 0.2) is 0 Å². The third-order valence-electron chi connectivity index (χ3n) is 0. The first kappa shape index (κ1) is 9.69. The van der Waals surface area contributed by atoms with E-state index in [1.54, 1.807) is 0 Å². The zero-order valence-electron chi connectivity index (χ0n) is 3.73. The van der Waals surface area contributed by atoms with Gasteiger partial charge in [-0.15, -0.1) is 0 Å². The Morgan fingerprint density at radius 1 is 1.38 bits per heavy atom. The van der Waals surface area contributed by atoms with Crippen LogP contribution in [0.2, 0.25) is 0 Å². The maximum Gasteiger partial charge on any atom is 0.309 e. The number of nitrogens with zero attached hydrogens (tertiary/aromatic N) is 1. The number of hydrogen-bond acceptors (Lipinski definition) is 4. The van der Waals surface area contributed by atoms with Gasteiger partial charge < -0.3 is 26.8 Å². The third kappa shape index (κ3) is 23.0. The van der Waals surface area contributed by atoms with Crippen molar-refractivity contribution in [2.75, 3.05) is 0 Å². The van der Waals surface area contributed by atoms with Crippen LogP contribution in [0, 0.1) is 15.3 Å². The minimum absolute atomic E-state index is 0.833. The van der Waals surface area contributed by atoms with Gasteiger partial charge in [0.1, 0.15) is 0 Å². The second kappa shape index (κ2) is 5.47. The van der Waals surface area contributed by atoms with Crippen LogP contribution in [0.5, 0.6) is 0 Å². The van der Waals surface area contributed by atoms with E-state index in [4.69, 9.17) is 20.1 Å².